The minimum atomic E-state index is -0.212. The molecule has 0 unspecified atom stereocenters. The number of nitrogens with two attached hydrogens (primary N) is 1. The van der Waals surface area contributed by atoms with Crippen LogP contribution in [0.3, 0.4) is 0 Å². The normalized spacial score (nSPS) is 25.3. The lowest BCUT2D eigenvalue weighted by Crippen LogP contribution is -2.48. The second kappa shape index (κ2) is 5.57. The van der Waals surface area contributed by atoms with Gasteiger partial charge in [-0.15, -0.1) is 0 Å². The van der Waals surface area contributed by atoms with Crippen molar-refractivity contribution in [1.82, 2.24) is 9.80 Å². The minimum absolute atomic E-state index is 0.212. The van der Waals surface area contributed by atoms with E-state index in [2.05, 4.69) is 11.9 Å². The molecule has 2 aliphatic rings. The van der Waals surface area contributed by atoms with Crippen molar-refractivity contribution in [3.63, 3.8) is 0 Å². The van der Waals surface area contributed by atoms with Gasteiger partial charge in [0.2, 0.25) is 5.91 Å². The number of amides is 1. The summed E-state index contributed by atoms with van der Waals surface area (Å²) >= 11 is 0. The zero-order valence-electron chi connectivity index (χ0n) is 11.8. The zero-order valence-corrected chi connectivity index (χ0v) is 11.8. The van der Waals surface area contributed by atoms with Crippen molar-refractivity contribution < 1.29 is 4.79 Å². The van der Waals surface area contributed by atoms with Crippen molar-refractivity contribution in [1.29, 1.82) is 0 Å². The highest BCUT2D eigenvalue weighted by Gasteiger charge is 2.34. The molecule has 1 saturated carbocycles. The van der Waals surface area contributed by atoms with E-state index >= 15 is 0 Å². The maximum absolute atomic E-state index is 12.3. The average molecular weight is 253 g/mol. The second-order valence-electron chi connectivity index (χ2n) is 6.29. The lowest BCUT2D eigenvalue weighted by Gasteiger charge is -2.36. The standard InChI is InChI=1S/C14H27N3O/c1-16-9-5-12(6-10-16)17(2)13(18)11-14(15)7-3-4-8-14/h12H,3-11,15H2,1-2H3. The van der Waals surface area contributed by atoms with Crippen molar-refractivity contribution in [2.75, 3.05) is 27.2 Å². The largest absolute Gasteiger partial charge is 0.343 e. The maximum Gasteiger partial charge on any atom is 0.224 e. The smallest absolute Gasteiger partial charge is 0.224 e. The van der Waals surface area contributed by atoms with Crippen molar-refractivity contribution >= 4 is 5.91 Å². The van der Waals surface area contributed by atoms with Crippen LogP contribution in [-0.4, -0.2) is 54.5 Å². The van der Waals surface area contributed by atoms with Gasteiger partial charge >= 0.3 is 0 Å². The van der Waals surface area contributed by atoms with E-state index in [-0.39, 0.29) is 11.4 Å². The Morgan fingerprint density at radius 3 is 2.44 bits per heavy atom. The first kappa shape index (κ1) is 13.8. The van der Waals surface area contributed by atoms with E-state index in [1.54, 1.807) is 0 Å². The summed E-state index contributed by atoms with van der Waals surface area (Å²) in [6, 6.07) is 0.415. The summed E-state index contributed by atoms with van der Waals surface area (Å²) in [5.41, 5.74) is 6.08. The molecule has 2 rings (SSSR count). The van der Waals surface area contributed by atoms with Gasteiger partial charge in [0, 0.05) is 25.0 Å². The van der Waals surface area contributed by atoms with Gasteiger partial charge in [0.15, 0.2) is 0 Å². The van der Waals surface area contributed by atoms with Gasteiger partial charge in [-0.05, 0) is 45.8 Å². The fraction of sp³-hybridized carbons (Fsp3) is 0.929. The SMILES string of the molecule is CN1CCC(N(C)C(=O)CC2(N)CCCC2)CC1. The molecular weight excluding hydrogens is 226 g/mol. The molecule has 104 valence electrons. The van der Waals surface area contributed by atoms with E-state index in [9.17, 15) is 4.79 Å². The zero-order chi connectivity index (χ0) is 13.2. The summed E-state index contributed by atoms with van der Waals surface area (Å²) in [6.45, 7) is 2.19. The number of hydrogen-bond donors (Lipinski definition) is 1. The third kappa shape index (κ3) is 3.23. The van der Waals surface area contributed by atoms with Crippen LogP contribution in [0.25, 0.3) is 0 Å². The predicted octanol–water partition coefficient (Wildman–Crippen LogP) is 1.20. The Balaban J connectivity index is 1.84. The molecule has 1 amide bonds. The van der Waals surface area contributed by atoms with Gasteiger partial charge in [-0.3, -0.25) is 4.79 Å². The van der Waals surface area contributed by atoms with Gasteiger partial charge in [-0.25, -0.2) is 0 Å². The summed E-state index contributed by atoms with van der Waals surface area (Å²) < 4.78 is 0. The Bertz CT molecular complexity index is 291. The van der Waals surface area contributed by atoms with E-state index < -0.39 is 0 Å². The van der Waals surface area contributed by atoms with E-state index in [1.807, 2.05) is 11.9 Å². The fourth-order valence-corrected chi connectivity index (χ4v) is 3.27. The van der Waals surface area contributed by atoms with Crippen molar-refractivity contribution in [2.24, 2.45) is 5.73 Å². The number of nitrogens with zero attached hydrogens (tertiary/aromatic N) is 2. The lowest BCUT2D eigenvalue weighted by atomic mass is 9.93. The number of rotatable bonds is 3. The first-order valence-electron chi connectivity index (χ1n) is 7.23. The molecule has 2 N–H and O–H groups in total. The molecule has 0 aromatic rings. The molecule has 4 nitrogen and oxygen atoms in total. The van der Waals surface area contributed by atoms with Crippen LogP contribution in [0.5, 0.6) is 0 Å². The summed E-state index contributed by atoms with van der Waals surface area (Å²) in [6.07, 6.45) is 7.12. The third-order valence-electron chi connectivity index (χ3n) is 4.73. The Morgan fingerprint density at radius 1 is 1.33 bits per heavy atom. The fourth-order valence-electron chi connectivity index (χ4n) is 3.27. The van der Waals surface area contributed by atoms with Crippen LogP contribution >= 0.6 is 0 Å². The van der Waals surface area contributed by atoms with Gasteiger partial charge < -0.3 is 15.5 Å². The molecule has 0 aromatic carbocycles. The molecular formula is C14H27N3O. The molecule has 1 aliphatic carbocycles. The van der Waals surface area contributed by atoms with Gasteiger partial charge in [0.25, 0.3) is 0 Å². The molecule has 0 radical (unpaired) electrons. The highest BCUT2D eigenvalue weighted by atomic mass is 16.2. The van der Waals surface area contributed by atoms with Crippen LogP contribution < -0.4 is 5.73 Å². The Labute approximate surface area is 110 Å². The van der Waals surface area contributed by atoms with E-state index in [4.69, 9.17) is 5.73 Å². The molecule has 2 fully saturated rings. The number of carbonyl (C=O) groups excluding carboxylic acids is 1. The molecule has 0 atom stereocenters. The number of hydrogen-bond acceptors (Lipinski definition) is 3. The second-order valence-corrected chi connectivity index (χ2v) is 6.29. The Kier molecular flexibility index (Phi) is 4.28. The van der Waals surface area contributed by atoms with E-state index in [0.717, 1.165) is 38.8 Å². The maximum atomic E-state index is 12.3. The first-order chi connectivity index (χ1) is 8.50. The van der Waals surface area contributed by atoms with E-state index in [0.29, 0.717) is 12.5 Å². The van der Waals surface area contributed by atoms with Crippen LogP contribution in [0.2, 0.25) is 0 Å². The monoisotopic (exact) mass is 253 g/mol. The summed E-state index contributed by atoms with van der Waals surface area (Å²) in [5, 5.41) is 0. The molecule has 4 heteroatoms. The lowest BCUT2D eigenvalue weighted by molar-refractivity contribution is -0.134. The van der Waals surface area contributed by atoms with Crippen LogP contribution in [0.4, 0.5) is 0 Å². The van der Waals surface area contributed by atoms with Gasteiger partial charge in [-0.1, -0.05) is 12.8 Å². The molecule has 18 heavy (non-hydrogen) atoms. The summed E-state index contributed by atoms with van der Waals surface area (Å²) in [5.74, 6) is 0.244. The van der Waals surface area contributed by atoms with Crippen LogP contribution in [-0.2, 0) is 4.79 Å². The van der Waals surface area contributed by atoms with Crippen molar-refractivity contribution in [3.8, 4) is 0 Å². The molecule has 0 aromatic heterocycles. The van der Waals surface area contributed by atoms with Gasteiger partial charge in [0.1, 0.15) is 0 Å². The highest BCUT2D eigenvalue weighted by molar-refractivity contribution is 5.77. The highest BCUT2D eigenvalue weighted by Crippen LogP contribution is 2.31. The van der Waals surface area contributed by atoms with Gasteiger partial charge in [0.05, 0.1) is 0 Å². The van der Waals surface area contributed by atoms with Crippen molar-refractivity contribution in [3.05, 3.63) is 0 Å². The topological polar surface area (TPSA) is 49.6 Å². The number of piperidine rings is 1. The van der Waals surface area contributed by atoms with Gasteiger partial charge in [-0.2, -0.15) is 0 Å². The van der Waals surface area contributed by atoms with E-state index in [1.165, 1.54) is 12.8 Å². The van der Waals surface area contributed by atoms with Crippen LogP contribution in [0.15, 0.2) is 0 Å². The minimum Gasteiger partial charge on any atom is -0.343 e. The summed E-state index contributed by atoms with van der Waals surface area (Å²) in [7, 11) is 4.10. The Hall–Kier alpha value is -0.610. The average Bonchev–Trinajstić information content (AvgIpc) is 2.76. The molecule has 0 bridgehead atoms. The molecule has 0 spiro atoms. The Morgan fingerprint density at radius 2 is 1.89 bits per heavy atom. The predicted molar refractivity (Wildman–Crippen MR) is 73.3 cm³/mol. The van der Waals surface area contributed by atoms with Crippen LogP contribution in [0, 0.1) is 0 Å². The third-order valence-corrected chi connectivity index (χ3v) is 4.73. The molecule has 1 aliphatic heterocycles. The number of carbonyl (C=O) groups is 1. The van der Waals surface area contributed by atoms with Crippen LogP contribution in [0.1, 0.15) is 44.9 Å². The van der Waals surface area contributed by atoms with Crippen molar-refractivity contribution in [2.45, 2.75) is 56.5 Å². The number of likely N-dealkylation sites (tertiary alicyclic amines) is 1. The molecule has 1 heterocycles. The first-order valence-corrected chi connectivity index (χ1v) is 7.23. The molecule has 1 saturated heterocycles. The summed E-state index contributed by atoms with van der Waals surface area (Å²) in [4.78, 5) is 16.6. The quantitative estimate of drug-likeness (QED) is 0.822.